The second-order valence-electron chi connectivity index (χ2n) is 4.12. The lowest BCUT2D eigenvalue weighted by molar-refractivity contribution is 0.0999. The molecule has 1 aromatic carbocycles. The van der Waals surface area contributed by atoms with Crippen LogP contribution in [0.1, 0.15) is 33.6 Å². The molecule has 1 aromatic rings. The van der Waals surface area contributed by atoms with E-state index in [1.54, 1.807) is 18.2 Å². The maximum Gasteiger partial charge on any atom is 0.250 e. The predicted molar refractivity (Wildman–Crippen MR) is 64.9 cm³/mol. The molecule has 17 heavy (non-hydrogen) atoms. The molecule has 0 atom stereocenters. The molecule has 90 valence electrons. The van der Waals surface area contributed by atoms with Crippen molar-refractivity contribution in [1.82, 2.24) is 0 Å². The Morgan fingerprint density at radius 2 is 1.47 bits per heavy atom. The molecule has 0 aliphatic carbocycles. The molecule has 0 aromatic heterocycles. The van der Waals surface area contributed by atoms with E-state index in [1.807, 2.05) is 4.90 Å². The molecule has 2 rings (SSSR count). The van der Waals surface area contributed by atoms with Crippen molar-refractivity contribution in [1.29, 1.82) is 0 Å². The van der Waals surface area contributed by atoms with Crippen molar-refractivity contribution in [2.45, 2.75) is 12.8 Å². The van der Waals surface area contributed by atoms with E-state index in [9.17, 15) is 9.59 Å². The van der Waals surface area contributed by atoms with Gasteiger partial charge in [-0.05, 0) is 25.0 Å². The van der Waals surface area contributed by atoms with Gasteiger partial charge in [0.25, 0.3) is 11.8 Å². The fourth-order valence-corrected chi connectivity index (χ4v) is 2.22. The van der Waals surface area contributed by atoms with E-state index in [-0.39, 0.29) is 0 Å². The summed E-state index contributed by atoms with van der Waals surface area (Å²) in [6, 6.07) is 4.88. The van der Waals surface area contributed by atoms with Crippen molar-refractivity contribution < 1.29 is 9.59 Å². The van der Waals surface area contributed by atoms with Gasteiger partial charge < -0.3 is 16.4 Å². The molecule has 5 nitrogen and oxygen atoms in total. The van der Waals surface area contributed by atoms with E-state index >= 15 is 0 Å². The summed E-state index contributed by atoms with van der Waals surface area (Å²) in [4.78, 5) is 24.8. The van der Waals surface area contributed by atoms with Crippen LogP contribution in [0.2, 0.25) is 0 Å². The van der Waals surface area contributed by atoms with Crippen molar-refractivity contribution in [2.24, 2.45) is 11.5 Å². The summed E-state index contributed by atoms with van der Waals surface area (Å²) in [7, 11) is 0. The van der Waals surface area contributed by atoms with Crippen molar-refractivity contribution in [2.75, 3.05) is 18.0 Å². The number of nitrogens with two attached hydrogens (primary N) is 2. The summed E-state index contributed by atoms with van der Waals surface area (Å²) < 4.78 is 0. The van der Waals surface area contributed by atoms with Gasteiger partial charge in [0.1, 0.15) is 0 Å². The van der Waals surface area contributed by atoms with E-state index in [1.165, 1.54) is 0 Å². The molecule has 1 heterocycles. The van der Waals surface area contributed by atoms with Gasteiger partial charge in [-0.3, -0.25) is 9.59 Å². The highest BCUT2D eigenvalue weighted by Crippen LogP contribution is 2.28. The molecule has 0 bridgehead atoms. The molecule has 0 unspecified atom stereocenters. The Labute approximate surface area is 99.4 Å². The number of hydrogen-bond donors (Lipinski definition) is 2. The minimum atomic E-state index is -0.532. The summed E-state index contributed by atoms with van der Waals surface area (Å²) >= 11 is 0. The molecular formula is C12H15N3O2. The average molecular weight is 233 g/mol. The molecule has 1 saturated heterocycles. The molecule has 4 N–H and O–H groups in total. The van der Waals surface area contributed by atoms with Crippen molar-refractivity contribution >= 4 is 17.5 Å². The van der Waals surface area contributed by atoms with Crippen molar-refractivity contribution in [3.05, 3.63) is 29.3 Å². The van der Waals surface area contributed by atoms with Gasteiger partial charge in [-0.25, -0.2) is 0 Å². The third kappa shape index (κ3) is 2.08. The Bertz CT molecular complexity index is 433. The Balaban J connectivity index is 2.57. The van der Waals surface area contributed by atoms with Crippen LogP contribution in [0.4, 0.5) is 5.69 Å². The first-order chi connectivity index (χ1) is 8.11. The normalized spacial score (nSPS) is 14.9. The largest absolute Gasteiger partial charge is 0.370 e. The van der Waals surface area contributed by atoms with Gasteiger partial charge in [-0.2, -0.15) is 0 Å². The van der Waals surface area contributed by atoms with Gasteiger partial charge in [-0.15, -0.1) is 0 Å². The van der Waals surface area contributed by atoms with Crippen molar-refractivity contribution in [3.63, 3.8) is 0 Å². The monoisotopic (exact) mass is 233 g/mol. The first-order valence-corrected chi connectivity index (χ1v) is 5.59. The molecule has 1 aliphatic rings. The van der Waals surface area contributed by atoms with E-state index in [2.05, 4.69) is 0 Å². The minimum Gasteiger partial charge on any atom is -0.370 e. The molecule has 1 fully saturated rings. The molecule has 1 aliphatic heterocycles. The van der Waals surface area contributed by atoms with E-state index in [0.29, 0.717) is 16.8 Å². The van der Waals surface area contributed by atoms with Crippen LogP contribution in [0, 0.1) is 0 Å². The number of carbonyl (C=O) groups excluding carboxylic acids is 2. The fourth-order valence-electron chi connectivity index (χ4n) is 2.22. The zero-order valence-corrected chi connectivity index (χ0v) is 9.48. The Kier molecular flexibility index (Phi) is 2.99. The summed E-state index contributed by atoms with van der Waals surface area (Å²) in [5.41, 5.74) is 12.0. The van der Waals surface area contributed by atoms with Crippen LogP contribution in [0.5, 0.6) is 0 Å². The van der Waals surface area contributed by atoms with Gasteiger partial charge >= 0.3 is 0 Å². The van der Waals surface area contributed by atoms with Gasteiger partial charge in [0.15, 0.2) is 0 Å². The lowest BCUT2D eigenvalue weighted by atomic mass is 10.0. The Morgan fingerprint density at radius 3 is 1.88 bits per heavy atom. The van der Waals surface area contributed by atoms with Crippen LogP contribution in [0.15, 0.2) is 18.2 Å². The van der Waals surface area contributed by atoms with Crippen LogP contribution in [-0.4, -0.2) is 24.9 Å². The predicted octanol–water partition coefficient (Wildman–Crippen LogP) is 0.485. The van der Waals surface area contributed by atoms with Gasteiger partial charge in [-0.1, -0.05) is 6.07 Å². The number of amides is 2. The second kappa shape index (κ2) is 4.45. The van der Waals surface area contributed by atoms with E-state index in [0.717, 1.165) is 25.9 Å². The number of para-hydroxylation sites is 1. The Morgan fingerprint density at radius 1 is 1.00 bits per heavy atom. The number of benzene rings is 1. The third-order valence-electron chi connectivity index (χ3n) is 2.99. The first kappa shape index (κ1) is 11.4. The zero-order valence-electron chi connectivity index (χ0n) is 9.48. The molecular weight excluding hydrogens is 218 g/mol. The van der Waals surface area contributed by atoms with Crippen LogP contribution < -0.4 is 16.4 Å². The van der Waals surface area contributed by atoms with E-state index < -0.39 is 11.8 Å². The van der Waals surface area contributed by atoms with E-state index in [4.69, 9.17) is 11.5 Å². The first-order valence-electron chi connectivity index (χ1n) is 5.59. The number of nitrogens with zero attached hydrogens (tertiary/aromatic N) is 1. The maximum atomic E-state index is 11.4. The minimum absolute atomic E-state index is 0.364. The van der Waals surface area contributed by atoms with Gasteiger partial charge in [0.05, 0.1) is 16.8 Å². The second-order valence-corrected chi connectivity index (χ2v) is 4.12. The third-order valence-corrected chi connectivity index (χ3v) is 2.99. The van der Waals surface area contributed by atoms with Gasteiger partial charge in [0, 0.05) is 13.1 Å². The highest BCUT2D eigenvalue weighted by molar-refractivity contribution is 6.07. The standard InChI is InChI=1S/C12H15N3O2/c13-11(16)8-4-3-5-9(12(14)17)10(8)15-6-1-2-7-15/h3-5H,1-2,6-7H2,(H2,13,16)(H2,14,17). The summed E-state index contributed by atoms with van der Waals surface area (Å²) in [6.45, 7) is 1.65. The molecule has 5 heteroatoms. The van der Waals surface area contributed by atoms with Crippen LogP contribution >= 0.6 is 0 Å². The topological polar surface area (TPSA) is 89.4 Å². The van der Waals surface area contributed by atoms with Gasteiger partial charge in [0.2, 0.25) is 0 Å². The highest BCUT2D eigenvalue weighted by atomic mass is 16.1. The SMILES string of the molecule is NC(=O)c1cccc(C(N)=O)c1N1CCCC1. The van der Waals surface area contributed by atoms with Crippen molar-refractivity contribution in [3.8, 4) is 0 Å². The quantitative estimate of drug-likeness (QED) is 0.795. The molecule has 0 spiro atoms. The summed E-state index contributed by atoms with van der Waals surface area (Å²) in [5, 5.41) is 0. The fraction of sp³-hybridized carbons (Fsp3) is 0.333. The molecule has 0 saturated carbocycles. The number of carbonyl (C=O) groups is 2. The summed E-state index contributed by atoms with van der Waals surface area (Å²) in [5.74, 6) is -1.06. The Hall–Kier alpha value is -2.04. The molecule has 2 amide bonds. The van der Waals surface area contributed by atoms with Crippen LogP contribution in [-0.2, 0) is 0 Å². The lowest BCUT2D eigenvalue weighted by Gasteiger charge is -2.22. The highest BCUT2D eigenvalue weighted by Gasteiger charge is 2.23. The smallest absolute Gasteiger partial charge is 0.250 e. The lowest BCUT2D eigenvalue weighted by Crippen LogP contribution is -2.27. The number of primary amides is 2. The number of rotatable bonds is 3. The maximum absolute atomic E-state index is 11.4. The number of hydrogen-bond acceptors (Lipinski definition) is 3. The van der Waals surface area contributed by atoms with Crippen LogP contribution in [0.25, 0.3) is 0 Å². The summed E-state index contributed by atoms with van der Waals surface area (Å²) in [6.07, 6.45) is 2.09. The average Bonchev–Trinajstić information content (AvgIpc) is 2.80. The van der Waals surface area contributed by atoms with Crippen LogP contribution in [0.3, 0.4) is 0 Å². The number of anilines is 1. The zero-order chi connectivity index (χ0) is 12.4. The molecule has 0 radical (unpaired) electrons.